The number of hydrogen-bond donors (Lipinski definition) is 1. The highest BCUT2D eigenvalue weighted by Gasteiger charge is 2.35. The van der Waals surface area contributed by atoms with Crippen LogP contribution in [-0.2, 0) is 0 Å². The number of piperazine rings is 1. The van der Waals surface area contributed by atoms with Gasteiger partial charge in [-0.2, -0.15) is 0 Å². The SMILES string of the molecule is CCC1CNC(CC)(CC)CN1CCCCN(C)C(C)C. The van der Waals surface area contributed by atoms with Crippen molar-refractivity contribution in [1.82, 2.24) is 15.1 Å². The molecule has 1 aliphatic rings. The first-order valence-electron chi connectivity index (χ1n) is 9.17. The molecule has 1 aliphatic heterocycles. The lowest BCUT2D eigenvalue weighted by Crippen LogP contribution is -2.63. The first kappa shape index (κ1) is 18.9. The fourth-order valence-corrected chi connectivity index (χ4v) is 3.36. The highest BCUT2D eigenvalue weighted by atomic mass is 15.2. The topological polar surface area (TPSA) is 18.5 Å². The molecule has 1 fully saturated rings. The second-order valence-electron chi connectivity index (χ2n) is 7.18. The lowest BCUT2D eigenvalue weighted by atomic mass is 9.88. The van der Waals surface area contributed by atoms with Gasteiger partial charge in [0, 0.05) is 30.7 Å². The first-order valence-corrected chi connectivity index (χ1v) is 9.17. The zero-order valence-corrected chi connectivity index (χ0v) is 15.4. The number of unbranched alkanes of at least 4 members (excludes halogenated alkanes) is 1. The van der Waals surface area contributed by atoms with E-state index < -0.39 is 0 Å². The minimum atomic E-state index is 0.362. The Hall–Kier alpha value is -0.120. The molecule has 0 aliphatic carbocycles. The van der Waals surface area contributed by atoms with Crippen molar-refractivity contribution in [3.8, 4) is 0 Å². The summed E-state index contributed by atoms with van der Waals surface area (Å²) in [7, 11) is 2.24. The van der Waals surface area contributed by atoms with Gasteiger partial charge < -0.3 is 10.2 Å². The van der Waals surface area contributed by atoms with Gasteiger partial charge in [0.15, 0.2) is 0 Å². The summed E-state index contributed by atoms with van der Waals surface area (Å²) in [6.07, 6.45) is 6.40. The van der Waals surface area contributed by atoms with E-state index in [1.54, 1.807) is 0 Å². The highest BCUT2D eigenvalue weighted by Crippen LogP contribution is 2.24. The van der Waals surface area contributed by atoms with E-state index in [9.17, 15) is 0 Å². The molecule has 0 spiro atoms. The maximum Gasteiger partial charge on any atom is 0.0304 e. The summed E-state index contributed by atoms with van der Waals surface area (Å²) >= 11 is 0. The van der Waals surface area contributed by atoms with E-state index in [4.69, 9.17) is 0 Å². The van der Waals surface area contributed by atoms with Gasteiger partial charge >= 0.3 is 0 Å². The van der Waals surface area contributed by atoms with Crippen molar-refractivity contribution >= 4 is 0 Å². The number of hydrogen-bond acceptors (Lipinski definition) is 3. The molecule has 0 saturated carbocycles. The summed E-state index contributed by atoms with van der Waals surface area (Å²) in [5.41, 5.74) is 0.362. The fraction of sp³-hybridized carbons (Fsp3) is 1.00. The molecule has 1 saturated heterocycles. The molecule has 1 rings (SSSR count). The van der Waals surface area contributed by atoms with Crippen molar-refractivity contribution in [2.24, 2.45) is 0 Å². The van der Waals surface area contributed by atoms with E-state index in [1.807, 2.05) is 0 Å². The molecule has 0 amide bonds. The Bertz CT molecular complexity index is 274. The second kappa shape index (κ2) is 9.12. The third-order valence-corrected chi connectivity index (χ3v) is 5.65. The molecule has 21 heavy (non-hydrogen) atoms. The molecule has 0 aromatic rings. The van der Waals surface area contributed by atoms with Gasteiger partial charge in [0.25, 0.3) is 0 Å². The van der Waals surface area contributed by atoms with Gasteiger partial charge in [0.1, 0.15) is 0 Å². The third kappa shape index (κ3) is 5.54. The van der Waals surface area contributed by atoms with E-state index in [1.165, 1.54) is 58.3 Å². The monoisotopic (exact) mass is 297 g/mol. The normalized spacial score (nSPS) is 23.1. The molecule has 0 radical (unpaired) electrons. The van der Waals surface area contributed by atoms with Crippen molar-refractivity contribution in [2.45, 2.75) is 84.3 Å². The quantitative estimate of drug-likeness (QED) is 0.658. The summed E-state index contributed by atoms with van der Waals surface area (Å²) in [6, 6.07) is 1.40. The average molecular weight is 298 g/mol. The highest BCUT2D eigenvalue weighted by molar-refractivity contribution is 4.96. The van der Waals surface area contributed by atoms with Gasteiger partial charge in [-0.25, -0.2) is 0 Å². The lowest BCUT2D eigenvalue weighted by molar-refractivity contribution is 0.0684. The van der Waals surface area contributed by atoms with E-state index in [-0.39, 0.29) is 0 Å². The minimum Gasteiger partial charge on any atom is -0.308 e. The van der Waals surface area contributed by atoms with Crippen molar-refractivity contribution in [3.05, 3.63) is 0 Å². The Morgan fingerprint density at radius 1 is 1.19 bits per heavy atom. The molecule has 1 unspecified atom stereocenters. The van der Waals surface area contributed by atoms with Crippen LogP contribution in [-0.4, -0.2) is 60.6 Å². The summed E-state index contributed by atoms with van der Waals surface area (Å²) in [6.45, 7) is 16.5. The molecule has 126 valence electrons. The van der Waals surface area contributed by atoms with Crippen molar-refractivity contribution in [3.63, 3.8) is 0 Å². The van der Waals surface area contributed by atoms with Crippen LogP contribution < -0.4 is 5.32 Å². The minimum absolute atomic E-state index is 0.362. The van der Waals surface area contributed by atoms with Crippen LogP contribution in [0.25, 0.3) is 0 Å². The zero-order valence-electron chi connectivity index (χ0n) is 15.4. The van der Waals surface area contributed by atoms with Crippen LogP contribution in [0.1, 0.15) is 66.7 Å². The van der Waals surface area contributed by atoms with E-state index >= 15 is 0 Å². The second-order valence-corrected chi connectivity index (χ2v) is 7.18. The van der Waals surface area contributed by atoms with Crippen molar-refractivity contribution in [2.75, 3.05) is 33.2 Å². The van der Waals surface area contributed by atoms with Gasteiger partial charge in [0.2, 0.25) is 0 Å². The largest absolute Gasteiger partial charge is 0.308 e. The summed E-state index contributed by atoms with van der Waals surface area (Å²) < 4.78 is 0. The number of rotatable bonds is 9. The molecule has 0 bridgehead atoms. The lowest BCUT2D eigenvalue weighted by Gasteiger charge is -2.47. The van der Waals surface area contributed by atoms with Gasteiger partial charge in [-0.3, -0.25) is 4.90 Å². The van der Waals surface area contributed by atoms with Gasteiger partial charge in [-0.15, -0.1) is 0 Å². The summed E-state index contributed by atoms with van der Waals surface area (Å²) in [5, 5.41) is 3.84. The molecule has 0 aromatic carbocycles. The van der Waals surface area contributed by atoms with Crippen LogP contribution in [0, 0.1) is 0 Å². The molecule has 3 nitrogen and oxygen atoms in total. The number of nitrogens with one attached hydrogen (secondary N) is 1. The summed E-state index contributed by atoms with van der Waals surface area (Å²) in [4.78, 5) is 5.22. The van der Waals surface area contributed by atoms with Crippen LogP contribution in [0.5, 0.6) is 0 Å². The van der Waals surface area contributed by atoms with Gasteiger partial charge in [-0.05, 0) is 66.1 Å². The van der Waals surface area contributed by atoms with Crippen molar-refractivity contribution in [1.29, 1.82) is 0 Å². The van der Waals surface area contributed by atoms with Crippen LogP contribution in [0.4, 0.5) is 0 Å². The molecule has 1 heterocycles. The third-order valence-electron chi connectivity index (χ3n) is 5.65. The molecule has 0 aromatic heterocycles. The van der Waals surface area contributed by atoms with Crippen LogP contribution in [0.3, 0.4) is 0 Å². The predicted molar refractivity (Wildman–Crippen MR) is 94.0 cm³/mol. The Morgan fingerprint density at radius 3 is 2.38 bits per heavy atom. The van der Waals surface area contributed by atoms with E-state index in [0.717, 1.165) is 6.04 Å². The van der Waals surface area contributed by atoms with Gasteiger partial charge in [0.05, 0.1) is 0 Å². The predicted octanol–water partition coefficient (Wildman–Crippen LogP) is 3.35. The maximum atomic E-state index is 3.84. The fourth-order valence-electron chi connectivity index (χ4n) is 3.36. The Labute approximate surface area is 133 Å². The average Bonchev–Trinajstić information content (AvgIpc) is 2.50. The smallest absolute Gasteiger partial charge is 0.0304 e. The Morgan fingerprint density at radius 2 is 1.86 bits per heavy atom. The molecule has 1 N–H and O–H groups in total. The van der Waals surface area contributed by atoms with E-state index in [2.05, 4.69) is 56.8 Å². The number of nitrogens with zero attached hydrogens (tertiary/aromatic N) is 2. The molecular formula is C18H39N3. The summed E-state index contributed by atoms with van der Waals surface area (Å²) in [5.74, 6) is 0. The van der Waals surface area contributed by atoms with E-state index in [0.29, 0.717) is 11.6 Å². The molecule has 3 heteroatoms. The van der Waals surface area contributed by atoms with Crippen molar-refractivity contribution < 1.29 is 0 Å². The maximum absolute atomic E-state index is 3.84. The van der Waals surface area contributed by atoms with Crippen LogP contribution in [0.15, 0.2) is 0 Å². The molecular weight excluding hydrogens is 258 g/mol. The zero-order chi connectivity index (χ0) is 15.9. The molecule has 1 atom stereocenters. The van der Waals surface area contributed by atoms with Crippen LogP contribution in [0.2, 0.25) is 0 Å². The van der Waals surface area contributed by atoms with Gasteiger partial charge in [-0.1, -0.05) is 20.8 Å². The first-order chi connectivity index (χ1) is 9.98. The Kier molecular flexibility index (Phi) is 8.22. The Balaban J connectivity index is 2.42. The standard InChI is InChI=1S/C18H39N3/c1-7-17-14-19-18(8-2,9-3)15-21(17)13-11-10-12-20(6)16(4)5/h16-17,19H,7-15H2,1-6H3. The van der Waals surface area contributed by atoms with Crippen LogP contribution >= 0.6 is 0 Å².